The summed E-state index contributed by atoms with van der Waals surface area (Å²) in [5, 5.41) is 3.30. The Labute approximate surface area is 131 Å². The molecule has 5 nitrogen and oxygen atoms in total. The number of nitrogens with zero attached hydrogens (tertiary/aromatic N) is 1. The van der Waals surface area contributed by atoms with Crippen LogP contribution < -0.4 is 10.2 Å². The van der Waals surface area contributed by atoms with E-state index in [0.717, 1.165) is 12.8 Å². The van der Waals surface area contributed by atoms with Gasteiger partial charge in [0.2, 0.25) is 5.91 Å². The van der Waals surface area contributed by atoms with Crippen molar-refractivity contribution in [1.29, 1.82) is 0 Å². The van der Waals surface area contributed by atoms with E-state index >= 15 is 0 Å². The highest BCUT2D eigenvalue weighted by molar-refractivity contribution is 6.57. The molecular weight excluding hydrogens is 315 g/mol. The third-order valence-electron chi connectivity index (χ3n) is 3.52. The van der Waals surface area contributed by atoms with Crippen LogP contribution in [0.4, 0.5) is 5.69 Å². The molecular formula is C14H12Cl2N2O3. The molecule has 0 bridgehead atoms. The fraction of sp³-hybridized carbons (Fsp3) is 0.357. The van der Waals surface area contributed by atoms with Gasteiger partial charge in [-0.1, -0.05) is 23.2 Å². The van der Waals surface area contributed by atoms with Crippen LogP contribution in [0, 0.1) is 0 Å². The molecule has 0 aromatic heterocycles. The third kappa shape index (κ3) is 2.63. The van der Waals surface area contributed by atoms with Crippen LogP contribution in [0.25, 0.3) is 0 Å². The Morgan fingerprint density at radius 1 is 1.24 bits per heavy atom. The highest BCUT2D eigenvalue weighted by Crippen LogP contribution is 2.39. The van der Waals surface area contributed by atoms with Crippen LogP contribution in [-0.2, 0) is 9.59 Å². The van der Waals surface area contributed by atoms with Gasteiger partial charge in [-0.2, -0.15) is 0 Å². The van der Waals surface area contributed by atoms with Crippen molar-refractivity contribution >= 4 is 46.5 Å². The number of amides is 2. The van der Waals surface area contributed by atoms with Crippen molar-refractivity contribution in [2.75, 3.05) is 11.4 Å². The Morgan fingerprint density at radius 2 is 1.90 bits per heavy atom. The molecule has 1 saturated carbocycles. The van der Waals surface area contributed by atoms with Crippen LogP contribution in [0.5, 0.6) is 0 Å². The second-order valence-electron chi connectivity index (χ2n) is 5.13. The van der Waals surface area contributed by atoms with Gasteiger partial charge in [0, 0.05) is 19.0 Å². The number of hydrogen-bond acceptors (Lipinski definition) is 3. The minimum atomic E-state index is -0.695. The molecule has 1 aliphatic carbocycles. The van der Waals surface area contributed by atoms with Gasteiger partial charge in [-0.3, -0.25) is 14.4 Å². The molecule has 0 radical (unpaired) electrons. The van der Waals surface area contributed by atoms with Crippen molar-refractivity contribution in [2.45, 2.75) is 25.3 Å². The van der Waals surface area contributed by atoms with E-state index in [-0.39, 0.29) is 40.5 Å². The average molecular weight is 327 g/mol. The molecule has 2 aliphatic rings. The molecule has 1 N–H and O–H groups in total. The van der Waals surface area contributed by atoms with Gasteiger partial charge in [0.05, 0.1) is 21.3 Å². The van der Waals surface area contributed by atoms with Crippen LogP contribution in [0.3, 0.4) is 0 Å². The SMILES string of the molecule is O=C(CCN1C(=O)C(=O)c2c(Cl)ccc(Cl)c21)NC1CC1. The molecule has 1 aliphatic heterocycles. The van der Waals surface area contributed by atoms with E-state index in [4.69, 9.17) is 23.2 Å². The maximum atomic E-state index is 12.0. The van der Waals surface area contributed by atoms with Crippen LogP contribution >= 0.6 is 23.2 Å². The Balaban J connectivity index is 1.80. The molecule has 7 heteroatoms. The van der Waals surface area contributed by atoms with Crippen molar-refractivity contribution in [3.05, 3.63) is 27.7 Å². The number of nitrogens with one attached hydrogen (secondary N) is 1. The van der Waals surface area contributed by atoms with Crippen LogP contribution in [0.15, 0.2) is 12.1 Å². The van der Waals surface area contributed by atoms with E-state index in [9.17, 15) is 14.4 Å². The molecule has 0 unspecified atom stereocenters. The first-order chi connectivity index (χ1) is 9.99. The topological polar surface area (TPSA) is 66.5 Å². The monoisotopic (exact) mass is 326 g/mol. The largest absolute Gasteiger partial charge is 0.353 e. The van der Waals surface area contributed by atoms with E-state index in [0.29, 0.717) is 5.69 Å². The summed E-state index contributed by atoms with van der Waals surface area (Å²) in [6, 6.07) is 3.28. The standard InChI is InChI=1S/C14H12Cl2N2O3/c15-8-3-4-9(16)12-11(8)13(20)14(21)18(12)6-5-10(19)17-7-1-2-7/h3-4,7H,1-2,5-6H2,(H,17,19). The molecule has 1 aromatic carbocycles. The van der Waals surface area contributed by atoms with Crippen molar-refractivity contribution in [1.82, 2.24) is 5.32 Å². The Morgan fingerprint density at radius 3 is 2.57 bits per heavy atom. The van der Waals surface area contributed by atoms with Crippen molar-refractivity contribution < 1.29 is 14.4 Å². The number of carbonyl (C=O) groups is 3. The Bertz CT molecular complexity index is 656. The second kappa shape index (κ2) is 5.31. The molecule has 1 fully saturated rings. The molecule has 21 heavy (non-hydrogen) atoms. The highest BCUT2D eigenvalue weighted by atomic mass is 35.5. The maximum absolute atomic E-state index is 12.0. The lowest BCUT2D eigenvalue weighted by molar-refractivity contribution is -0.121. The lowest BCUT2D eigenvalue weighted by Gasteiger charge is -2.17. The lowest BCUT2D eigenvalue weighted by Crippen LogP contribution is -2.35. The van der Waals surface area contributed by atoms with E-state index in [2.05, 4.69) is 5.32 Å². The van der Waals surface area contributed by atoms with Crippen LogP contribution in [-0.4, -0.2) is 30.2 Å². The number of fused-ring (bicyclic) bond motifs is 1. The first-order valence-corrected chi connectivity index (χ1v) is 7.38. The van der Waals surface area contributed by atoms with Crippen LogP contribution in [0.2, 0.25) is 10.0 Å². The summed E-state index contributed by atoms with van der Waals surface area (Å²) in [5.41, 5.74) is 0.426. The summed E-state index contributed by atoms with van der Waals surface area (Å²) in [7, 11) is 0. The minimum absolute atomic E-state index is 0.107. The zero-order valence-electron chi connectivity index (χ0n) is 11.0. The van der Waals surface area contributed by atoms with Gasteiger partial charge in [0.1, 0.15) is 0 Å². The van der Waals surface area contributed by atoms with Gasteiger partial charge in [0.15, 0.2) is 0 Å². The third-order valence-corrected chi connectivity index (χ3v) is 4.14. The minimum Gasteiger partial charge on any atom is -0.353 e. The molecule has 3 rings (SSSR count). The molecule has 0 atom stereocenters. The fourth-order valence-electron chi connectivity index (χ4n) is 2.31. The molecule has 0 spiro atoms. The van der Waals surface area contributed by atoms with Crippen molar-refractivity contribution in [2.24, 2.45) is 0 Å². The summed E-state index contributed by atoms with van der Waals surface area (Å²) in [4.78, 5) is 37.0. The number of carbonyl (C=O) groups excluding carboxylic acids is 3. The molecule has 1 aromatic rings. The Hall–Kier alpha value is -1.59. The zero-order chi connectivity index (χ0) is 15.1. The Kier molecular flexibility index (Phi) is 3.63. The van der Waals surface area contributed by atoms with Gasteiger partial charge in [-0.25, -0.2) is 0 Å². The number of halogens is 2. The summed E-state index contributed by atoms with van der Waals surface area (Å²) in [6.45, 7) is 0.107. The molecule has 110 valence electrons. The first kappa shape index (κ1) is 14.4. The van der Waals surface area contributed by atoms with E-state index < -0.39 is 11.7 Å². The maximum Gasteiger partial charge on any atom is 0.299 e. The normalized spacial score (nSPS) is 17.1. The predicted molar refractivity (Wildman–Crippen MR) is 78.9 cm³/mol. The number of benzene rings is 1. The lowest BCUT2D eigenvalue weighted by atomic mass is 10.1. The number of anilines is 1. The van der Waals surface area contributed by atoms with Crippen molar-refractivity contribution in [3.8, 4) is 0 Å². The predicted octanol–water partition coefficient (Wildman–Crippen LogP) is 2.19. The average Bonchev–Trinajstić information content (AvgIpc) is 3.21. The van der Waals surface area contributed by atoms with Gasteiger partial charge < -0.3 is 10.2 Å². The number of ketones is 1. The molecule has 1 heterocycles. The van der Waals surface area contributed by atoms with E-state index in [1.165, 1.54) is 17.0 Å². The summed E-state index contributed by atoms with van der Waals surface area (Å²) < 4.78 is 0. The number of rotatable bonds is 4. The second-order valence-corrected chi connectivity index (χ2v) is 5.94. The summed E-state index contributed by atoms with van der Waals surface area (Å²) in [6.07, 6.45) is 2.12. The molecule has 2 amide bonds. The number of Topliss-reactive ketones (excluding diaryl/α,β-unsaturated/α-hetero) is 1. The van der Waals surface area contributed by atoms with Gasteiger partial charge in [-0.15, -0.1) is 0 Å². The summed E-state index contributed by atoms with van der Waals surface area (Å²) >= 11 is 12.0. The van der Waals surface area contributed by atoms with E-state index in [1.54, 1.807) is 0 Å². The van der Waals surface area contributed by atoms with E-state index in [1.807, 2.05) is 0 Å². The fourth-order valence-corrected chi connectivity index (χ4v) is 2.80. The van der Waals surface area contributed by atoms with Crippen molar-refractivity contribution in [3.63, 3.8) is 0 Å². The highest BCUT2D eigenvalue weighted by Gasteiger charge is 2.39. The molecule has 0 saturated heterocycles. The quantitative estimate of drug-likeness (QED) is 0.862. The van der Waals surface area contributed by atoms with Gasteiger partial charge >= 0.3 is 0 Å². The summed E-state index contributed by atoms with van der Waals surface area (Å²) in [5.74, 6) is -1.51. The zero-order valence-corrected chi connectivity index (χ0v) is 12.5. The van der Waals surface area contributed by atoms with Gasteiger partial charge in [-0.05, 0) is 25.0 Å². The number of hydrogen-bond donors (Lipinski definition) is 1. The van der Waals surface area contributed by atoms with Gasteiger partial charge in [0.25, 0.3) is 11.7 Å². The van der Waals surface area contributed by atoms with Crippen LogP contribution in [0.1, 0.15) is 29.6 Å². The first-order valence-electron chi connectivity index (χ1n) is 6.62. The smallest absolute Gasteiger partial charge is 0.299 e.